The predicted octanol–water partition coefficient (Wildman–Crippen LogP) is 2.24. The fourth-order valence-electron chi connectivity index (χ4n) is 2.25. The Morgan fingerprint density at radius 1 is 1.33 bits per heavy atom. The molecule has 0 aliphatic heterocycles. The summed E-state index contributed by atoms with van der Waals surface area (Å²) in [6.07, 6.45) is 7.63. The van der Waals surface area contributed by atoms with Gasteiger partial charge in [-0.05, 0) is 26.2 Å². The topological polar surface area (TPSA) is 52.3 Å². The van der Waals surface area contributed by atoms with Crippen molar-refractivity contribution >= 4 is 5.97 Å². The van der Waals surface area contributed by atoms with Gasteiger partial charge in [0.1, 0.15) is 6.04 Å². The molecule has 0 heterocycles. The zero-order chi connectivity index (χ0) is 11.3. The largest absolute Gasteiger partial charge is 0.462 e. The maximum Gasteiger partial charge on any atom is 0.322 e. The second-order valence-electron chi connectivity index (χ2n) is 4.78. The monoisotopic (exact) mass is 213 g/mol. The number of esters is 1. The van der Waals surface area contributed by atoms with E-state index in [1.807, 2.05) is 6.92 Å². The number of carbonyl (C=O) groups is 1. The first kappa shape index (κ1) is 12.5. The Balaban J connectivity index is 2.22. The van der Waals surface area contributed by atoms with Gasteiger partial charge in [0.05, 0.1) is 6.10 Å². The van der Waals surface area contributed by atoms with E-state index in [1.165, 1.54) is 32.1 Å². The Hall–Kier alpha value is -0.570. The van der Waals surface area contributed by atoms with E-state index < -0.39 is 6.04 Å². The van der Waals surface area contributed by atoms with E-state index in [0.717, 1.165) is 12.3 Å². The summed E-state index contributed by atoms with van der Waals surface area (Å²) < 4.78 is 5.25. The molecule has 0 saturated heterocycles. The van der Waals surface area contributed by atoms with Crippen LogP contribution in [-0.2, 0) is 9.53 Å². The van der Waals surface area contributed by atoms with Crippen LogP contribution in [0.1, 0.15) is 52.4 Å². The number of rotatable bonds is 4. The summed E-state index contributed by atoms with van der Waals surface area (Å²) in [5.41, 5.74) is 5.44. The zero-order valence-electron chi connectivity index (χ0n) is 9.87. The molecule has 2 atom stereocenters. The molecular weight excluding hydrogens is 190 g/mol. The van der Waals surface area contributed by atoms with Gasteiger partial charge in [0.2, 0.25) is 0 Å². The first-order chi connectivity index (χ1) is 7.09. The summed E-state index contributed by atoms with van der Waals surface area (Å²) in [7, 11) is 0. The van der Waals surface area contributed by atoms with E-state index >= 15 is 0 Å². The van der Waals surface area contributed by atoms with Crippen molar-refractivity contribution in [3.8, 4) is 0 Å². The molecule has 15 heavy (non-hydrogen) atoms. The highest BCUT2D eigenvalue weighted by Gasteiger charge is 2.19. The molecule has 1 aliphatic carbocycles. The lowest BCUT2D eigenvalue weighted by Gasteiger charge is -2.24. The highest BCUT2D eigenvalue weighted by atomic mass is 16.5. The minimum Gasteiger partial charge on any atom is -0.462 e. The quantitative estimate of drug-likeness (QED) is 0.729. The molecule has 0 unspecified atom stereocenters. The molecule has 1 aliphatic rings. The van der Waals surface area contributed by atoms with Gasteiger partial charge in [0.15, 0.2) is 0 Å². The van der Waals surface area contributed by atoms with E-state index in [2.05, 4.69) is 0 Å². The Morgan fingerprint density at radius 2 is 1.93 bits per heavy atom. The van der Waals surface area contributed by atoms with Crippen LogP contribution in [0.4, 0.5) is 0 Å². The second kappa shape index (κ2) is 6.11. The van der Waals surface area contributed by atoms with Crippen molar-refractivity contribution in [2.45, 2.75) is 64.5 Å². The summed E-state index contributed by atoms with van der Waals surface area (Å²) in [5.74, 6) is 0.466. The fourth-order valence-corrected chi connectivity index (χ4v) is 2.25. The van der Waals surface area contributed by atoms with Crippen LogP contribution in [0.3, 0.4) is 0 Å². The first-order valence-electron chi connectivity index (χ1n) is 6.05. The summed E-state index contributed by atoms with van der Waals surface area (Å²) in [5, 5.41) is 0. The lowest BCUT2D eigenvalue weighted by Crippen LogP contribution is -2.32. The molecule has 1 saturated carbocycles. The number of ether oxygens (including phenoxy) is 1. The summed E-state index contributed by atoms with van der Waals surface area (Å²) in [4.78, 5) is 11.2. The zero-order valence-corrected chi connectivity index (χ0v) is 9.87. The Labute approximate surface area is 92.4 Å². The second-order valence-corrected chi connectivity index (χ2v) is 4.78. The molecule has 0 spiro atoms. The lowest BCUT2D eigenvalue weighted by atomic mass is 9.86. The maximum atomic E-state index is 11.2. The number of hydrogen-bond acceptors (Lipinski definition) is 3. The van der Waals surface area contributed by atoms with Crippen molar-refractivity contribution in [3.63, 3.8) is 0 Å². The van der Waals surface area contributed by atoms with Gasteiger partial charge in [0, 0.05) is 0 Å². The molecule has 1 fully saturated rings. The molecule has 0 aromatic rings. The van der Waals surface area contributed by atoms with E-state index in [1.54, 1.807) is 6.92 Å². The molecule has 0 radical (unpaired) electrons. The molecule has 0 amide bonds. The van der Waals surface area contributed by atoms with Gasteiger partial charge in [-0.1, -0.05) is 32.1 Å². The van der Waals surface area contributed by atoms with Crippen LogP contribution >= 0.6 is 0 Å². The molecule has 0 bridgehead atoms. The summed E-state index contributed by atoms with van der Waals surface area (Å²) >= 11 is 0. The third-order valence-electron chi connectivity index (χ3n) is 3.08. The van der Waals surface area contributed by atoms with E-state index in [0.29, 0.717) is 0 Å². The summed E-state index contributed by atoms with van der Waals surface area (Å²) in [6, 6.07) is -0.501. The normalized spacial score (nSPS) is 22.1. The smallest absolute Gasteiger partial charge is 0.322 e. The number of nitrogens with two attached hydrogens (primary N) is 1. The van der Waals surface area contributed by atoms with Gasteiger partial charge < -0.3 is 10.5 Å². The minimum atomic E-state index is -0.501. The average Bonchev–Trinajstić information content (AvgIpc) is 2.18. The average molecular weight is 213 g/mol. The van der Waals surface area contributed by atoms with Crippen molar-refractivity contribution < 1.29 is 9.53 Å². The number of hydrogen-bond donors (Lipinski definition) is 1. The molecule has 0 aromatic carbocycles. The molecule has 3 heteroatoms. The van der Waals surface area contributed by atoms with Gasteiger partial charge >= 0.3 is 5.97 Å². The molecule has 2 N–H and O–H groups in total. The van der Waals surface area contributed by atoms with Crippen molar-refractivity contribution in [2.75, 3.05) is 0 Å². The Kier molecular flexibility index (Phi) is 5.09. The third kappa shape index (κ3) is 4.65. The SMILES string of the molecule is C[C@H](N)C(=O)O[C@@H](C)CC1CCCCC1. The molecular formula is C12H23NO2. The van der Waals surface area contributed by atoms with Crippen LogP contribution in [-0.4, -0.2) is 18.1 Å². The van der Waals surface area contributed by atoms with Crippen LogP contribution in [0.2, 0.25) is 0 Å². The van der Waals surface area contributed by atoms with Crippen molar-refractivity contribution in [1.82, 2.24) is 0 Å². The van der Waals surface area contributed by atoms with Gasteiger partial charge in [0.25, 0.3) is 0 Å². The highest BCUT2D eigenvalue weighted by molar-refractivity contribution is 5.75. The van der Waals surface area contributed by atoms with E-state index in [-0.39, 0.29) is 12.1 Å². The Morgan fingerprint density at radius 3 is 2.47 bits per heavy atom. The van der Waals surface area contributed by atoms with Crippen LogP contribution in [0.15, 0.2) is 0 Å². The fraction of sp³-hybridized carbons (Fsp3) is 0.917. The molecule has 88 valence electrons. The minimum absolute atomic E-state index is 0.0200. The number of carbonyl (C=O) groups excluding carboxylic acids is 1. The van der Waals surface area contributed by atoms with E-state index in [4.69, 9.17) is 10.5 Å². The van der Waals surface area contributed by atoms with Crippen molar-refractivity contribution in [2.24, 2.45) is 11.7 Å². The standard InChI is InChI=1S/C12H23NO2/c1-9(15-12(14)10(2)13)8-11-6-4-3-5-7-11/h9-11H,3-8,13H2,1-2H3/t9-,10-/m0/s1. The predicted molar refractivity (Wildman–Crippen MR) is 60.4 cm³/mol. The van der Waals surface area contributed by atoms with Gasteiger partial charge in [-0.3, -0.25) is 4.79 Å². The van der Waals surface area contributed by atoms with Crippen LogP contribution in [0, 0.1) is 5.92 Å². The van der Waals surface area contributed by atoms with Gasteiger partial charge in [-0.2, -0.15) is 0 Å². The van der Waals surface area contributed by atoms with Gasteiger partial charge in [-0.15, -0.1) is 0 Å². The van der Waals surface area contributed by atoms with Gasteiger partial charge in [-0.25, -0.2) is 0 Å². The molecule has 0 aromatic heterocycles. The van der Waals surface area contributed by atoms with E-state index in [9.17, 15) is 4.79 Å². The molecule has 1 rings (SSSR count). The Bertz CT molecular complexity index is 198. The van der Waals surface area contributed by atoms with Crippen molar-refractivity contribution in [3.05, 3.63) is 0 Å². The third-order valence-corrected chi connectivity index (χ3v) is 3.08. The van der Waals surface area contributed by atoms with Crippen LogP contribution in [0.5, 0.6) is 0 Å². The van der Waals surface area contributed by atoms with Crippen LogP contribution < -0.4 is 5.73 Å². The van der Waals surface area contributed by atoms with Crippen LogP contribution in [0.25, 0.3) is 0 Å². The molecule has 3 nitrogen and oxygen atoms in total. The highest BCUT2D eigenvalue weighted by Crippen LogP contribution is 2.27. The van der Waals surface area contributed by atoms with Crippen molar-refractivity contribution in [1.29, 1.82) is 0 Å². The summed E-state index contributed by atoms with van der Waals surface area (Å²) in [6.45, 7) is 3.63. The first-order valence-corrected chi connectivity index (χ1v) is 6.05. The maximum absolute atomic E-state index is 11.2. The lowest BCUT2D eigenvalue weighted by molar-refractivity contribution is -0.150.